The number of hydrogen-bond acceptors (Lipinski definition) is 3. The predicted octanol–water partition coefficient (Wildman–Crippen LogP) is 2.12. The van der Waals surface area contributed by atoms with Crippen LogP contribution in [0.5, 0.6) is 0 Å². The Hall–Kier alpha value is -3.20. The van der Waals surface area contributed by atoms with Crippen molar-refractivity contribution in [1.82, 2.24) is 5.32 Å². The highest BCUT2D eigenvalue weighted by molar-refractivity contribution is 5.96. The van der Waals surface area contributed by atoms with Gasteiger partial charge in [-0.05, 0) is 29.8 Å². The van der Waals surface area contributed by atoms with Gasteiger partial charge in [0.2, 0.25) is 0 Å². The number of nitrogens with one attached hydrogen (secondary N) is 1. The van der Waals surface area contributed by atoms with Gasteiger partial charge in [0.25, 0.3) is 5.91 Å². The Morgan fingerprint density at radius 1 is 1.22 bits per heavy atom. The SMILES string of the molecule is N#Cc1ccccc1C[C@@H](NC(=O)c1cccc(F)c1)C(=O)O. The van der Waals surface area contributed by atoms with E-state index in [0.29, 0.717) is 11.1 Å². The maximum atomic E-state index is 13.1. The van der Waals surface area contributed by atoms with Gasteiger partial charge in [0.1, 0.15) is 11.9 Å². The average molecular weight is 312 g/mol. The summed E-state index contributed by atoms with van der Waals surface area (Å²) >= 11 is 0. The fourth-order valence-corrected chi connectivity index (χ4v) is 2.10. The highest BCUT2D eigenvalue weighted by atomic mass is 19.1. The first-order valence-corrected chi connectivity index (χ1v) is 6.78. The quantitative estimate of drug-likeness (QED) is 0.885. The summed E-state index contributed by atoms with van der Waals surface area (Å²) < 4.78 is 13.1. The van der Waals surface area contributed by atoms with Crippen LogP contribution in [-0.2, 0) is 11.2 Å². The molecule has 116 valence electrons. The minimum atomic E-state index is -1.23. The van der Waals surface area contributed by atoms with E-state index in [1.54, 1.807) is 24.3 Å². The molecule has 0 fully saturated rings. The molecule has 5 nitrogen and oxygen atoms in total. The lowest BCUT2D eigenvalue weighted by molar-refractivity contribution is -0.139. The van der Waals surface area contributed by atoms with E-state index in [4.69, 9.17) is 5.26 Å². The average Bonchev–Trinajstić information content (AvgIpc) is 2.54. The Morgan fingerprint density at radius 2 is 1.96 bits per heavy atom. The van der Waals surface area contributed by atoms with Crippen LogP contribution in [0.25, 0.3) is 0 Å². The molecular weight excluding hydrogens is 299 g/mol. The molecule has 1 amide bonds. The number of halogens is 1. The molecule has 0 unspecified atom stereocenters. The van der Waals surface area contributed by atoms with Crippen LogP contribution in [0.15, 0.2) is 48.5 Å². The molecule has 6 heteroatoms. The van der Waals surface area contributed by atoms with E-state index < -0.39 is 23.7 Å². The van der Waals surface area contributed by atoms with E-state index in [2.05, 4.69) is 5.32 Å². The number of benzene rings is 2. The summed E-state index contributed by atoms with van der Waals surface area (Å²) in [7, 11) is 0. The number of amides is 1. The van der Waals surface area contributed by atoms with Gasteiger partial charge in [-0.2, -0.15) is 5.26 Å². The molecule has 1 atom stereocenters. The lowest BCUT2D eigenvalue weighted by Gasteiger charge is -2.15. The first-order valence-electron chi connectivity index (χ1n) is 6.78. The molecule has 0 aliphatic heterocycles. The third kappa shape index (κ3) is 4.14. The number of aliphatic carboxylic acids is 1. The van der Waals surface area contributed by atoms with Gasteiger partial charge < -0.3 is 10.4 Å². The summed E-state index contributed by atoms with van der Waals surface area (Å²) in [5.41, 5.74) is 0.894. The summed E-state index contributed by atoms with van der Waals surface area (Å²) in [5.74, 6) is -2.51. The summed E-state index contributed by atoms with van der Waals surface area (Å²) in [6.45, 7) is 0. The Kier molecular flexibility index (Phi) is 5.05. The minimum Gasteiger partial charge on any atom is -0.480 e. The molecule has 0 saturated heterocycles. The Balaban J connectivity index is 2.18. The molecule has 0 aliphatic rings. The van der Waals surface area contributed by atoms with E-state index in [1.807, 2.05) is 6.07 Å². The normalized spacial score (nSPS) is 11.3. The molecular formula is C17H13FN2O3. The van der Waals surface area contributed by atoms with E-state index in [0.717, 1.165) is 6.07 Å². The smallest absolute Gasteiger partial charge is 0.326 e. The number of rotatable bonds is 5. The number of nitrogens with zero attached hydrogens (tertiary/aromatic N) is 1. The number of carboxylic acid groups (broad SMARTS) is 1. The second kappa shape index (κ2) is 7.18. The van der Waals surface area contributed by atoms with Gasteiger partial charge >= 0.3 is 5.97 Å². The highest BCUT2D eigenvalue weighted by Gasteiger charge is 2.22. The first kappa shape index (κ1) is 16.2. The monoisotopic (exact) mass is 312 g/mol. The van der Waals surface area contributed by atoms with Crippen molar-refractivity contribution in [3.63, 3.8) is 0 Å². The molecule has 2 N–H and O–H groups in total. The number of nitriles is 1. The molecule has 0 bridgehead atoms. The summed E-state index contributed by atoms with van der Waals surface area (Å²) in [6, 6.07) is 12.3. The molecule has 2 aromatic rings. The Labute approximate surface area is 132 Å². The molecule has 23 heavy (non-hydrogen) atoms. The van der Waals surface area contributed by atoms with Crippen LogP contribution < -0.4 is 5.32 Å². The molecule has 0 radical (unpaired) electrons. The van der Waals surface area contributed by atoms with Crippen molar-refractivity contribution in [3.8, 4) is 6.07 Å². The van der Waals surface area contributed by atoms with Crippen molar-refractivity contribution in [1.29, 1.82) is 5.26 Å². The molecule has 0 heterocycles. The van der Waals surface area contributed by atoms with E-state index >= 15 is 0 Å². The maximum absolute atomic E-state index is 13.1. The fourth-order valence-electron chi connectivity index (χ4n) is 2.10. The summed E-state index contributed by atoms with van der Waals surface area (Å²) in [6.07, 6.45) is -0.0415. The first-order chi connectivity index (χ1) is 11.0. The molecule has 0 spiro atoms. The van der Waals surface area contributed by atoms with Crippen LogP contribution in [0.2, 0.25) is 0 Å². The standard InChI is InChI=1S/C17H13FN2O3/c18-14-7-3-6-12(8-14)16(21)20-15(17(22)23)9-11-4-1-2-5-13(11)10-19/h1-8,15H,9H2,(H,20,21)(H,22,23)/t15-/m1/s1. The van der Waals surface area contributed by atoms with Crippen molar-refractivity contribution < 1.29 is 19.1 Å². The number of carboxylic acids is 1. The van der Waals surface area contributed by atoms with Crippen molar-refractivity contribution in [2.24, 2.45) is 0 Å². The van der Waals surface area contributed by atoms with Gasteiger partial charge in [-0.3, -0.25) is 4.79 Å². The molecule has 0 aromatic heterocycles. The Bertz CT molecular complexity index is 783. The van der Waals surface area contributed by atoms with Crippen LogP contribution in [0.1, 0.15) is 21.5 Å². The second-order valence-corrected chi connectivity index (χ2v) is 4.85. The van der Waals surface area contributed by atoms with Crippen molar-refractivity contribution >= 4 is 11.9 Å². The number of hydrogen-bond donors (Lipinski definition) is 2. The van der Waals surface area contributed by atoms with Crippen LogP contribution in [0.3, 0.4) is 0 Å². The summed E-state index contributed by atoms with van der Waals surface area (Å²) in [5, 5.41) is 20.7. The van der Waals surface area contributed by atoms with Crippen LogP contribution in [0.4, 0.5) is 4.39 Å². The van der Waals surface area contributed by atoms with Gasteiger partial charge in [0.15, 0.2) is 0 Å². The van der Waals surface area contributed by atoms with Gasteiger partial charge in [-0.15, -0.1) is 0 Å². The van der Waals surface area contributed by atoms with Crippen LogP contribution in [-0.4, -0.2) is 23.0 Å². The number of carbonyl (C=O) groups excluding carboxylic acids is 1. The van der Waals surface area contributed by atoms with Gasteiger partial charge in [-0.25, -0.2) is 9.18 Å². The van der Waals surface area contributed by atoms with Gasteiger partial charge in [-0.1, -0.05) is 24.3 Å². The van der Waals surface area contributed by atoms with Crippen molar-refractivity contribution in [2.45, 2.75) is 12.5 Å². The third-order valence-corrected chi connectivity index (χ3v) is 3.25. The zero-order valence-corrected chi connectivity index (χ0v) is 12.0. The van der Waals surface area contributed by atoms with E-state index in [1.165, 1.54) is 18.2 Å². The van der Waals surface area contributed by atoms with Gasteiger partial charge in [0, 0.05) is 12.0 Å². The van der Waals surface area contributed by atoms with E-state index in [9.17, 15) is 19.1 Å². The van der Waals surface area contributed by atoms with Crippen LogP contribution in [0, 0.1) is 17.1 Å². The topological polar surface area (TPSA) is 90.2 Å². The lowest BCUT2D eigenvalue weighted by Crippen LogP contribution is -2.42. The maximum Gasteiger partial charge on any atom is 0.326 e. The zero-order chi connectivity index (χ0) is 16.8. The van der Waals surface area contributed by atoms with Crippen molar-refractivity contribution in [3.05, 3.63) is 71.0 Å². The third-order valence-electron chi connectivity index (χ3n) is 3.25. The second-order valence-electron chi connectivity index (χ2n) is 4.85. The zero-order valence-electron chi connectivity index (χ0n) is 12.0. The highest BCUT2D eigenvalue weighted by Crippen LogP contribution is 2.11. The minimum absolute atomic E-state index is 0.0322. The number of carbonyl (C=O) groups is 2. The molecule has 2 aromatic carbocycles. The lowest BCUT2D eigenvalue weighted by atomic mass is 10.0. The van der Waals surface area contributed by atoms with E-state index in [-0.39, 0.29) is 12.0 Å². The summed E-state index contributed by atoms with van der Waals surface area (Å²) in [4.78, 5) is 23.4. The predicted molar refractivity (Wildman–Crippen MR) is 80.2 cm³/mol. The molecule has 0 saturated carbocycles. The van der Waals surface area contributed by atoms with Crippen LogP contribution >= 0.6 is 0 Å². The largest absolute Gasteiger partial charge is 0.480 e. The van der Waals surface area contributed by atoms with Gasteiger partial charge in [0.05, 0.1) is 11.6 Å². The molecule has 0 aliphatic carbocycles. The Morgan fingerprint density at radius 3 is 2.61 bits per heavy atom. The fraction of sp³-hybridized carbons (Fsp3) is 0.118. The van der Waals surface area contributed by atoms with Crippen molar-refractivity contribution in [2.75, 3.05) is 0 Å². The molecule has 2 rings (SSSR count).